The number of rotatable bonds is 29. The van der Waals surface area contributed by atoms with Crippen molar-refractivity contribution in [2.45, 2.75) is 122 Å². The first kappa shape index (κ1) is 42.2. The molecule has 10 nitrogen and oxygen atoms in total. The number of hydrogen-bond donors (Lipinski definition) is 4. The molecule has 0 bridgehead atoms. The Morgan fingerprint density at radius 1 is 0.633 bits per heavy atom. The smallest absolute Gasteiger partial charge is 0.239 e. The fourth-order valence-electron chi connectivity index (χ4n) is 6.02. The molecule has 10 heteroatoms. The molecule has 2 amide bonds. The zero-order valence-corrected chi connectivity index (χ0v) is 30.7. The molecule has 0 saturated carbocycles. The minimum atomic E-state index is -0.501. The second kappa shape index (κ2) is 26.0. The molecule has 0 heterocycles. The number of carbonyl (C=O) groups is 2. The van der Waals surface area contributed by atoms with Crippen LogP contribution in [0.5, 0.6) is 11.5 Å². The van der Waals surface area contributed by atoms with Gasteiger partial charge in [0.2, 0.25) is 11.8 Å². The summed E-state index contributed by atoms with van der Waals surface area (Å²) in [7, 11) is 0. The van der Waals surface area contributed by atoms with Gasteiger partial charge in [0.25, 0.3) is 0 Å². The highest BCUT2D eigenvalue weighted by molar-refractivity contribution is 5.89. The molecular formula is C39H68N6O4. The molecule has 2 aromatic carbocycles. The maximum Gasteiger partial charge on any atom is 0.239 e. The van der Waals surface area contributed by atoms with E-state index in [1.54, 1.807) is 0 Å². The summed E-state index contributed by atoms with van der Waals surface area (Å²) in [5, 5.41) is 2.05. The largest absolute Gasteiger partial charge is 0.494 e. The first-order chi connectivity index (χ1) is 23.9. The van der Waals surface area contributed by atoms with Crippen molar-refractivity contribution in [3.63, 3.8) is 0 Å². The number of amides is 2. The van der Waals surface area contributed by atoms with Crippen molar-refractivity contribution in [1.82, 2.24) is 9.80 Å². The lowest BCUT2D eigenvalue weighted by Crippen LogP contribution is -2.45. The summed E-state index contributed by atoms with van der Waals surface area (Å²) < 4.78 is 12.3. The van der Waals surface area contributed by atoms with Gasteiger partial charge in [0.05, 0.1) is 25.3 Å². The van der Waals surface area contributed by atoms with E-state index in [9.17, 15) is 9.59 Å². The Hall–Kier alpha value is -2.92. The lowest BCUT2D eigenvalue weighted by molar-refractivity contribution is -0.133. The number of nitrogens with zero attached hydrogens (tertiary/aromatic N) is 2. The van der Waals surface area contributed by atoms with Crippen LogP contribution in [0.1, 0.15) is 110 Å². The monoisotopic (exact) mass is 685 g/mol. The molecule has 0 aliphatic heterocycles. The summed E-state index contributed by atoms with van der Waals surface area (Å²) in [6, 6.07) is 11.1. The van der Waals surface area contributed by atoms with Crippen LogP contribution in [0.2, 0.25) is 0 Å². The third kappa shape index (κ3) is 16.6. The summed E-state index contributed by atoms with van der Waals surface area (Å²) >= 11 is 0. The molecule has 0 spiro atoms. The van der Waals surface area contributed by atoms with Gasteiger partial charge in [-0.3, -0.25) is 9.59 Å². The minimum absolute atomic E-state index is 0.0105. The van der Waals surface area contributed by atoms with E-state index < -0.39 is 12.1 Å². The SMILES string of the molecule is CCCCCCN(CCCOc1ccc2c(OCCCN(CCCCCC)C(=O)[C@@H](N)CCCCN)cccc2c1)C(=O)[C@@H](N)CCCN. The van der Waals surface area contributed by atoms with E-state index in [1.807, 2.05) is 40.1 Å². The van der Waals surface area contributed by atoms with Gasteiger partial charge in [0, 0.05) is 31.6 Å². The zero-order valence-electron chi connectivity index (χ0n) is 30.7. The van der Waals surface area contributed by atoms with Crippen molar-refractivity contribution >= 4 is 22.6 Å². The Kier molecular flexibility index (Phi) is 22.4. The van der Waals surface area contributed by atoms with Gasteiger partial charge >= 0.3 is 0 Å². The van der Waals surface area contributed by atoms with Crippen molar-refractivity contribution in [3.8, 4) is 11.5 Å². The van der Waals surface area contributed by atoms with Crippen molar-refractivity contribution in [2.24, 2.45) is 22.9 Å². The van der Waals surface area contributed by atoms with E-state index in [0.717, 1.165) is 106 Å². The summed E-state index contributed by atoms with van der Waals surface area (Å²) in [6.07, 6.45) is 14.1. The molecule has 0 aliphatic rings. The highest BCUT2D eigenvalue weighted by Gasteiger charge is 2.21. The van der Waals surface area contributed by atoms with Gasteiger partial charge in [0.1, 0.15) is 11.5 Å². The van der Waals surface area contributed by atoms with Crippen LogP contribution >= 0.6 is 0 Å². The maximum atomic E-state index is 13.1. The van der Waals surface area contributed by atoms with Crippen LogP contribution in [0.25, 0.3) is 10.8 Å². The second-order valence-corrected chi connectivity index (χ2v) is 13.2. The van der Waals surface area contributed by atoms with Crippen LogP contribution in [0.15, 0.2) is 36.4 Å². The number of hydrogen-bond acceptors (Lipinski definition) is 8. The quantitative estimate of drug-likeness (QED) is 0.0791. The molecule has 0 saturated heterocycles. The van der Waals surface area contributed by atoms with Gasteiger partial charge in [0.15, 0.2) is 0 Å². The third-order valence-corrected chi connectivity index (χ3v) is 8.99. The topological polar surface area (TPSA) is 163 Å². The molecule has 0 fully saturated rings. The van der Waals surface area contributed by atoms with Gasteiger partial charge in [-0.1, -0.05) is 70.9 Å². The lowest BCUT2D eigenvalue weighted by atomic mass is 10.1. The van der Waals surface area contributed by atoms with E-state index in [4.69, 9.17) is 32.4 Å². The predicted molar refractivity (Wildman–Crippen MR) is 203 cm³/mol. The number of unbranched alkanes of at least 4 members (excludes halogenated alkanes) is 7. The Morgan fingerprint density at radius 2 is 1.18 bits per heavy atom. The minimum Gasteiger partial charge on any atom is -0.494 e. The second-order valence-electron chi connectivity index (χ2n) is 13.2. The van der Waals surface area contributed by atoms with Gasteiger partial charge < -0.3 is 42.2 Å². The lowest BCUT2D eigenvalue weighted by Gasteiger charge is -2.26. The number of fused-ring (bicyclic) bond motifs is 1. The first-order valence-corrected chi connectivity index (χ1v) is 19.1. The Morgan fingerprint density at radius 3 is 1.76 bits per heavy atom. The van der Waals surface area contributed by atoms with Crippen LogP contribution in [0, 0.1) is 0 Å². The molecule has 2 aromatic rings. The Labute approximate surface area is 296 Å². The highest BCUT2D eigenvalue weighted by Crippen LogP contribution is 2.29. The molecule has 49 heavy (non-hydrogen) atoms. The van der Waals surface area contributed by atoms with Crippen molar-refractivity contribution in [3.05, 3.63) is 36.4 Å². The average Bonchev–Trinajstić information content (AvgIpc) is 3.11. The van der Waals surface area contributed by atoms with Gasteiger partial charge in [-0.05, 0) is 94.1 Å². The standard InChI is InChI=1S/C39H68N6O4/c1-3-5-7-11-25-44(39(47)36(43)19-14-24-41)27-15-29-48-33-21-22-34-32(31-33)17-13-20-37(34)49-30-16-28-45(26-12-8-6-4-2)38(46)35(42)18-9-10-23-40/h13,17,20-22,31,35-36H,3-12,14-16,18-19,23-30,40-43H2,1-2H3/t35-,36-/m0/s1. The van der Waals surface area contributed by atoms with Crippen LogP contribution < -0.4 is 32.4 Å². The van der Waals surface area contributed by atoms with E-state index in [2.05, 4.69) is 19.9 Å². The summed E-state index contributed by atoms with van der Waals surface area (Å²) in [5.41, 5.74) is 23.7. The van der Waals surface area contributed by atoms with Crippen LogP contribution in [0.4, 0.5) is 0 Å². The number of benzene rings is 2. The third-order valence-electron chi connectivity index (χ3n) is 8.99. The summed E-state index contributed by atoms with van der Waals surface area (Å²) in [4.78, 5) is 30.0. The molecular weight excluding hydrogens is 616 g/mol. The maximum absolute atomic E-state index is 13.1. The zero-order chi connectivity index (χ0) is 35.7. The Bertz CT molecular complexity index is 1180. The molecule has 0 unspecified atom stereocenters. The van der Waals surface area contributed by atoms with E-state index in [0.29, 0.717) is 52.2 Å². The van der Waals surface area contributed by atoms with E-state index in [1.165, 1.54) is 12.8 Å². The Balaban J connectivity index is 1.91. The van der Waals surface area contributed by atoms with Crippen molar-refractivity contribution in [2.75, 3.05) is 52.5 Å². The molecule has 278 valence electrons. The fourth-order valence-corrected chi connectivity index (χ4v) is 6.02. The molecule has 2 atom stereocenters. The van der Waals surface area contributed by atoms with Crippen LogP contribution in [0.3, 0.4) is 0 Å². The van der Waals surface area contributed by atoms with Gasteiger partial charge in [-0.25, -0.2) is 0 Å². The number of ether oxygens (including phenoxy) is 2. The fraction of sp³-hybridized carbons (Fsp3) is 0.692. The normalized spacial score (nSPS) is 12.5. The average molecular weight is 685 g/mol. The molecule has 0 aliphatic carbocycles. The summed E-state index contributed by atoms with van der Waals surface area (Å²) in [6.45, 7) is 9.24. The predicted octanol–water partition coefficient (Wildman–Crippen LogP) is 5.72. The van der Waals surface area contributed by atoms with Crippen molar-refractivity contribution in [1.29, 1.82) is 0 Å². The van der Waals surface area contributed by atoms with E-state index >= 15 is 0 Å². The molecule has 0 aromatic heterocycles. The number of carbonyl (C=O) groups excluding carboxylic acids is 2. The van der Waals surface area contributed by atoms with Crippen LogP contribution in [-0.2, 0) is 9.59 Å². The van der Waals surface area contributed by atoms with E-state index in [-0.39, 0.29) is 11.8 Å². The molecule has 8 N–H and O–H groups in total. The van der Waals surface area contributed by atoms with Gasteiger partial charge in [-0.15, -0.1) is 0 Å². The van der Waals surface area contributed by atoms with Crippen LogP contribution in [-0.4, -0.2) is 86.2 Å². The summed E-state index contributed by atoms with van der Waals surface area (Å²) in [5.74, 6) is 1.64. The molecule has 2 rings (SSSR count). The molecule has 0 radical (unpaired) electrons. The van der Waals surface area contributed by atoms with Crippen molar-refractivity contribution < 1.29 is 19.1 Å². The number of nitrogens with two attached hydrogens (primary N) is 4. The first-order valence-electron chi connectivity index (χ1n) is 19.1. The highest BCUT2D eigenvalue weighted by atomic mass is 16.5. The van der Waals surface area contributed by atoms with Gasteiger partial charge in [-0.2, -0.15) is 0 Å².